The van der Waals surface area contributed by atoms with Crippen molar-refractivity contribution in [3.63, 3.8) is 0 Å². The summed E-state index contributed by atoms with van der Waals surface area (Å²) in [7, 11) is 0. The summed E-state index contributed by atoms with van der Waals surface area (Å²) in [5.41, 5.74) is 3.81. The van der Waals surface area contributed by atoms with E-state index < -0.39 is 0 Å². The van der Waals surface area contributed by atoms with Crippen LogP contribution in [0.2, 0.25) is 0 Å². The Labute approximate surface area is 144 Å². The maximum absolute atomic E-state index is 12.4. The molecule has 0 fully saturated rings. The van der Waals surface area contributed by atoms with Crippen molar-refractivity contribution >= 4 is 17.2 Å². The van der Waals surface area contributed by atoms with E-state index in [1.54, 1.807) is 17.1 Å². The highest BCUT2D eigenvalue weighted by molar-refractivity contribution is 7.09. The Morgan fingerprint density at radius 1 is 1.33 bits per heavy atom. The second-order valence-electron chi connectivity index (χ2n) is 5.63. The maximum Gasteiger partial charge on any atom is 0.244 e. The fraction of sp³-hybridized carbons (Fsp3) is 0.294. The number of nitrogens with zero attached hydrogens (tertiary/aromatic N) is 4. The standard InChI is InChI=1S/C17H19N5OS/c1-11-8-12(2)22(21-11)13(3)17(23)19-9-16-20-15(10-24-16)14-4-6-18-7-5-14/h4-8,10,13H,9H2,1-3H3,(H,19,23)/t13-/m1/s1. The first kappa shape index (κ1) is 16.3. The molecule has 3 heterocycles. The molecule has 6 nitrogen and oxygen atoms in total. The number of rotatable bonds is 5. The second kappa shape index (κ2) is 6.92. The molecule has 7 heteroatoms. The summed E-state index contributed by atoms with van der Waals surface area (Å²) >= 11 is 1.53. The number of nitrogens with one attached hydrogen (secondary N) is 1. The number of aryl methyl sites for hydroxylation is 2. The minimum absolute atomic E-state index is 0.0677. The minimum Gasteiger partial charge on any atom is -0.348 e. The van der Waals surface area contributed by atoms with Gasteiger partial charge in [0.1, 0.15) is 11.0 Å². The van der Waals surface area contributed by atoms with Crippen molar-refractivity contribution in [3.8, 4) is 11.3 Å². The van der Waals surface area contributed by atoms with E-state index in [1.165, 1.54) is 11.3 Å². The van der Waals surface area contributed by atoms with Crippen molar-refractivity contribution in [1.29, 1.82) is 0 Å². The highest BCUT2D eigenvalue weighted by Gasteiger charge is 2.18. The van der Waals surface area contributed by atoms with Gasteiger partial charge < -0.3 is 5.32 Å². The lowest BCUT2D eigenvalue weighted by molar-refractivity contribution is -0.124. The maximum atomic E-state index is 12.4. The van der Waals surface area contributed by atoms with E-state index in [2.05, 4.69) is 20.4 Å². The molecule has 0 aliphatic rings. The molecule has 0 bridgehead atoms. The fourth-order valence-corrected chi connectivity index (χ4v) is 3.25. The molecule has 0 aromatic carbocycles. The number of aromatic nitrogens is 4. The third-order valence-electron chi connectivity index (χ3n) is 3.73. The normalized spacial score (nSPS) is 12.1. The molecule has 0 unspecified atom stereocenters. The van der Waals surface area contributed by atoms with Crippen LogP contribution in [0.5, 0.6) is 0 Å². The van der Waals surface area contributed by atoms with Gasteiger partial charge in [0.05, 0.1) is 17.9 Å². The molecule has 124 valence electrons. The number of thiazole rings is 1. The first-order valence-corrected chi connectivity index (χ1v) is 8.58. The average Bonchev–Trinajstić information content (AvgIpc) is 3.19. The minimum atomic E-state index is -0.349. The zero-order valence-electron chi connectivity index (χ0n) is 13.9. The Morgan fingerprint density at radius 3 is 2.75 bits per heavy atom. The molecule has 1 amide bonds. The summed E-state index contributed by atoms with van der Waals surface area (Å²) in [6.07, 6.45) is 3.48. The third kappa shape index (κ3) is 3.51. The van der Waals surface area contributed by atoms with Gasteiger partial charge in [0.25, 0.3) is 0 Å². The van der Waals surface area contributed by atoms with Crippen LogP contribution in [0.3, 0.4) is 0 Å². The topological polar surface area (TPSA) is 72.7 Å². The van der Waals surface area contributed by atoms with Crippen LogP contribution in [0, 0.1) is 13.8 Å². The summed E-state index contributed by atoms with van der Waals surface area (Å²) in [4.78, 5) is 20.9. The molecule has 3 aromatic heterocycles. The van der Waals surface area contributed by atoms with Gasteiger partial charge in [-0.3, -0.25) is 14.5 Å². The number of carbonyl (C=O) groups excluding carboxylic acids is 1. The lowest BCUT2D eigenvalue weighted by atomic mass is 10.2. The van der Waals surface area contributed by atoms with E-state index in [1.807, 2.05) is 44.4 Å². The van der Waals surface area contributed by atoms with Crippen molar-refractivity contribution in [2.45, 2.75) is 33.4 Å². The van der Waals surface area contributed by atoms with Crippen molar-refractivity contribution in [1.82, 2.24) is 25.1 Å². The van der Waals surface area contributed by atoms with Crippen LogP contribution in [0.15, 0.2) is 36.0 Å². The molecule has 1 atom stereocenters. The van der Waals surface area contributed by atoms with E-state index in [0.717, 1.165) is 27.7 Å². The SMILES string of the molecule is Cc1cc(C)n([C@H](C)C(=O)NCc2nc(-c3ccncc3)cs2)n1. The number of hydrogen-bond acceptors (Lipinski definition) is 5. The van der Waals surface area contributed by atoms with Gasteiger partial charge in [0.15, 0.2) is 0 Å². The van der Waals surface area contributed by atoms with Gasteiger partial charge in [-0.25, -0.2) is 4.98 Å². The smallest absolute Gasteiger partial charge is 0.244 e. The molecular weight excluding hydrogens is 322 g/mol. The van der Waals surface area contributed by atoms with Gasteiger partial charge >= 0.3 is 0 Å². The molecule has 1 N–H and O–H groups in total. The number of pyridine rings is 1. The predicted octanol–water partition coefficient (Wildman–Crippen LogP) is 2.90. The molecule has 0 radical (unpaired) electrons. The first-order valence-electron chi connectivity index (χ1n) is 7.70. The van der Waals surface area contributed by atoms with E-state index in [-0.39, 0.29) is 11.9 Å². The monoisotopic (exact) mass is 341 g/mol. The Bertz CT molecular complexity index is 840. The summed E-state index contributed by atoms with van der Waals surface area (Å²) in [5.74, 6) is -0.0677. The quantitative estimate of drug-likeness (QED) is 0.774. The van der Waals surface area contributed by atoms with Crippen LogP contribution in [0.4, 0.5) is 0 Å². The van der Waals surface area contributed by atoms with Gasteiger partial charge in [-0.1, -0.05) is 0 Å². The van der Waals surface area contributed by atoms with Crippen molar-refractivity contribution in [3.05, 3.63) is 52.4 Å². The van der Waals surface area contributed by atoms with E-state index in [0.29, 0.717) is 6.54 Å². The van der Waals surface area contributed by atoms with Gasteiger partial charge in [-0.05, 0) is 39.0 Å². The highest BCUT2D eigenvalue weighted by Crippen LogP contribution is 2.21. The molecule has 0 aliphatic heterocycles. The van der Waals surface area contributed by atoms with Crippen LogP contribution in [-0.4, -0.2) is 25.7 Å². The van der Waals surface area contributed by atoms with Crippen molar-refractivity contribution < 1.29 is 4.79 Å². The fourth-order valence-electron chi connectivity index (χ4n) is 2.51. The summed E-state index contributed by atoms with van der Waals surface area (Å²) in [5, 5.41) is 10.2. The van der Waals surface area contributed by atoms with Crippen LogP contribution in [-0.2, 0) is 11.3 Å². The van der Waals surface area contributed by atoms with Gasteiger partial charge in [-0.15, -0.1) is 11.3 Å². The van der Waals surface area contributed by atoms with E-state index in [9.17, 15) is 4.79 Å². The number of amides is 1. The van der Waals surface area contributed by atoms with Crippen LogP contribution in [0.1, 0.15) is 29.4 Å². The largest absolute Gasteiger partial charge is 0.348 e. The summed E-state index contributed by atoms with van der Waals surface area (Å²) in [6, 6.07) is 5.45. The Hall–Kier alpha value is -2.54. The van der Waals surface area contributed by atoms with Gasteiger partial charge in [-0.2, -0.15) is 5.10 Å². The summed E-state index contributed by atoms with van der Waals surface area (Å²) in [6.45, 7) is 6.13. The van der Waals surface area contributed by atoms with Crippen LogP contribution in [0.25, 0.3) is 11.3 Å². The third-order valence-corrected chi connectivity index (χ3v) is 4.58. The van der Waals surface area contributed by atoms with Crippen LogP contribution >= 0.6 is 11.3 Å². The first-order chi connectivity index (χ1) is 11.5. The lowest BCUT2D eigenvalue weighted by Gasteiger charge is -2.13. The molecule has 3 rings (SSSR count). The predicted molar refractivity (Wildman–Crippen MR) is 93.6 cm³/mol. The Kier molecular flexibility index (Phi) is 4.71. The zero-order valence-corrected chi connectivity index (χ0v) is 14.7. The average molecular weight is 341 g/mol. The highest BCUT2D eigenvalue weighted by atomic mass is 32.1. The van der Waals surface area contributed by atoms with Crippen molar-refractivity contribution in [2.75, 3.05) is 0 Å². The molecule has 3 aromatic rings. The number of hydrogen-bond donors (Lipinski definition) is 1. The van der Waals surface area contributed by atoms with Crippen molar-refractivity contribution in [2.24, 2.45) is 0 Å². The molecule has 0 saturated heterocycles. The van der Waals surface area contributed by atoms with E-state index >= 15 is 0 Å². The van der Waals surface area contributed by atoms with Gasteiger partial charge in [0, 0.05) is 29.0 Å². The molecule has 0 saturated carbocycles. The van der Waals surface area contributed by atoms with Crippen LogP contribution < -0.4 is 5.32 Å². The zero-order chi connectivity index (χ0) is 17.1. The van der Waals surface area contributed by atoms with Gasteiger partial charge in [0.2, 0.25) is 5.91 Å². The van der Waals surface area contributed by atoms with E-state index in [4.69, 9.17) is 0 Å². The molecular formula is C17H19N5OS. The molecule has 0 spiro atoms. The Balaban J connectivity index is 1.62. The Morgan fingerprint density at radius 2 is 2.08 bits per heavy atom. The lowest BCUT2D eigenvalue weighted by Crippen LogP contribution is -2.31. The number of carbonyl (C=O) groups is 1. The second-order valence-corrected chi connectivity index (χ2v) is 6.57. The molecule has 24 heavy (non-hydrogen) atoms. The molecule has 0 aliphatic carbocycles. The summed E-state index contributed by atoms with van der Waals surface area (Å²) < 4.78 is 1.74.